The topological polar surface area (TPSA) is 75.2 Å². The molecule has 5 rings (SSSR count). The van der Waals surface area contributed by atoms with E-state index < -0.39 is 5.79 Å². The van der Waals surface area contributed by atoms with Crippen molar-refractivity contribution in [2.75, 3.05) is 5.73 Å². The smallest absolute Gasteiger partial charge is 0.163 e. The van der Waals surface area contributed by atoms with Crippen LogP contribution >= 0.6 is 0 Å². The average Bonchev–Trinajstić information content (AvgIpc) is 2.78. The van der Waals surface area contributed by atoms with Crippen LogP contribution in [-0.4, -0.2) is 32.5 Å². The third kappa shape index (κ3) is 1.60. The highest BCUT2D eigenvalue weighted by Gasteiger charge is 2.75. The zero-order chi connectivity index (χ0) is 16.0. The lowest BCUT2D eigenvalue weighted by molar-refractivity contribution is -0.161. The van der Waals surface area contributed by atoms with Gasteiger partial charge in [0.2, 0.25) is 0 Å². The Hall–Kier alpha value is -1.66. The summed E-state index contributed by atoms with van der Waals surface area (Å²) in [4.78, 5) is 8.57. The second kappa shape index (κ2) is 4.05. The SMILES string of the molecule is CC[C@@]12C[C@@H]1[C@@H](n1ccc3c(N)ncnc31)[C@@H]1OC(C)(C)O[C@@H]12. The summed E-state index contributed by atoms with van der Waals surface area (Å²) in [6, 6.07) is 2.27. The van der Waals surface area contributed by atoms with Crippen LogP contribution < -0.4 is 5.73 Å². The van der Waals surface area contributed by atoms with E-state index in [4.69, 9.17) is 15.2 Å². The minimum Gasteiger partial charge on any atom is -0.383 e. The van der Waals surface area contributed by atoms with E-state index in [0.29, 0.717) is 11.7 Å². The van der Waals surface area contributed by atoms with E-state index in [2.05, 4.69) is 27.7 Å². The number of nitrogens with zero attached hydrogens (tertiary/aromatic N) is 3. The van der Waals surface area contributed by atoms with Crippen LogP contribution in [0.3, 0.4) is 0 Å². The Morgan fingerprint density at radius 3 is 2.96 bits per heavy atom. The van der Waals surface area contributed by atoms with Crippen LogP contribution in [0, 0.1) is 11.3 Å². The Labute approximate surface area is 135 Å². The van der Waals surface area contributed by atoms with Gasteiger partial charge in [0.1, 0.15) is 23.9 Å². The number of aromatic nitrogens is 3. The molecule has 2 aromatic rings. The standard InChI is InChI=1S/C17H22N4O2/c1-4-17-7-10(17)11(12-13(17)23-16(2,3)22-12)21-6-5-9-14(18)19-8-20-15(9)21/h5-6,8,10-13H,4,7H2,1-3H3,(H2,18,19,20)/t10-,11-,12+,13+,17-/m1/s1. The molecule has 1 aliphatic heterocycles. The summed E-state index contributed by atoms with van der Waals surface area (Å²) in [5.41, 5.74) is 7.15. The Morgan fingerprint density at radius 1 is 1.35 bits per heavy atom. The van der Waals surface area contributed by atoms with Crippen molar-refractivity contribution in [3.8, 4) is 0 Å². The molecule has 1 saturated heterocycles. The van der Waals surface area contributed by atoms with Gasteiger partial charge in [0.15, 0.2) is 5.79 Å². The Kier molecular flexibility index (Phi) is 2.42. The zero-order valence-corrected chi connectivity index (χ0v) is 13.7. The van der Waals surface area contributed by atoms with E-state index in [1.807, 2.05) is 19.9 Å². The molecule has 0 spiro atoms. The maximum absolute atomic E-state index is 6.30. The highest BCUT2D eigenvalue weighted by molar-refractivity contribution is 5.86. The summed E-state index contributed by atoms with van der Waals surface area (Å²) in [5, 5.41) is 0.914. The molecule has 0 amide bonds. The third-order valence-corrected chi connectivity index (χ3v) is 6.14. The van der Waals surface area contributed by atoms with Crippen LogP contribution in [0.2, 0.25) is 0 Å². The van der Waals surface area contributed by atoms with Gasteiger partial charge in [-0.05, 0) is 38.7 Å². The predicted octanol–water partition coefficient (Wildman–Crippen LogP) is 2.50. The zero-order valence-electron chi connectivity index (χ0n) is 13.7. The second-order valence-corrected chi connectivity index (χ2v) is 7.63. The lowest BCUT2D eigenvalue weighted by Crippen LogP contribution is -2.31. The number of hydrogen-bond donors (Lipinski definition) is 1. The summed E-state index contributed by atoms with van der Waals surface area (Å²) in [5.74, 6) is 0.607. The van der Waals surface area contributed by atoms with Gasteiger partial charge in [0.25, 0.3) is 0 Å². The minimum atomic E-state index is -0.514. The lowest BCUT2D eigenvalue weighted by Gasteiger charge is -2.24. The summed E-state index contributed by atoms with van der Waals surface area (Å²) in [6.45, 7) is 6.29. The molecule has 0 unspecified atom stereocenters. The molecule has 2 saturated carbocycles. The lowest BCUT2D eigenvalue weighted by atomic mass is 9.96. The van der Waals surface area contributed by atoms with Crippen molar-refractivity contribution in [1.82, 2.24) is 14.5 Å². The van der Waals surface area contributed by atoms with Gasteiger partial charge >= 0.3 is 0 Å². The fourth-order valence-electron chi connectivity index (χ4n) is 5.04. The van der Waals surface area contributed by atoms with Gasteiger partial charge in [-0.2, -0.15) is 0 Å². The number of fused-ring (bicyclic) bond motifs is 4. The van der Waals surface area contributed by atoms with Gasteiger partial charge in [0.05, 0.1) is 17.5 Å². The highest BCUT2D eigenvalue weighted by atomic mass is 16.8. The quantitative estimate of drug-likeness (QED) is 0.922. The van der Waals surface area contributed by atoms with Gasteiger partial charge in [-0.15, -0.1) is 0 Å². The van der Waals surface area contributed by atoms with Crippen molar-refractivity contribution in [3.63, 3.8) is 0 Å². The number of nitrogen functional groups attached to an aromatic ring is 1. The molecule has 3 aliphatic rings. The summed E-state index contributed by atoms with van der Waals surface area (Å²) >= 11 is 0. The second-order valence-electron chi connectivity index (χ2n) is 7.63. The number of nitrogens with two attached hydrogens (primary N) is 1. The molecule has 0 radical (unpaired) electrons. The molecule has 6 heteroatoms. The van der Waals surface area contributed by atoms with Crippen molar-refractivity contribution in [3.05, 3.63) is 18.6 Å². The largest absolute Gasteiger partial charge is 0.383 e. The normalized spacial score (nSPS) is 40.3. The van der Waals surface area contributed by atoms with Crippen LogP contribution in [0.1, 0.15) is 39.7 Å². The first-order valence-corrected chi connectivity index (χ1v) is 8.39. The maximum atomic E-state index is 6.30. The van der Waals surface area contributed by atoms with Crippen LogP contribution in [0.25, 0.3) is 11.0 Å². The molecule has 5 atom stereocenters. The number of rotatable bonds is 2. The molecule has 0 aromatic carbocycles. The fraction of sp³-hybridized carbons (Fsp3) is 0.647. The van der Waals surface area contributed by atoms with Gasteiger partial charge in [-0.3, -0.25) is 0 Å². The molecule has 122 valence electrons. The Bertz CT molecular complexity index is 801. The van der Waals surface area contributed by atoms with Crippen molar-refractivity contribution in [1.29, 1.82) is 0 Å². The highest BCUT2D eigenvalue weighted by Crippen LogP contribution is 2.73. The van der Waals surface area contributed by atoms with Crippen molar-refractivity contribution < 1.29 is 9.47 Å². The van der Waals surface area contributed by atoms with Crippen LogP contribution in [-0.2, 0) is 9.47 Å². The van der Waals surface area contributed by atoms with Crippen molar-refractivity contribution >= 4 is 16.9 Å². The Balaban J connectivity index is 1.64. The molecule has 0 bridgehead atoms. The molecule has 2 aliphatic carbocycles. The maximum Gasteiger partial charge on any atom is 0.163 e. The van der Waals surface area contributed by atoms with E-state index in [9.17, 15) is 0 Å². The molecular formula is C17H22N4O2. The number of anilines is 1. The third-order valence-electron chi connectivity index (χ3n) is 6.14. The average molecular weight is 314 g/mol. The molecule has 3 heterocycles. The molecule has 23 heavy (non-hydrogen) atoms. The molecule has 3 fully saturated rings. The van der Waals surface area contributed by atoms with E-state index in [0.717, 1.165) is 17.5 Å². The molecule has 2 N–H and O–H groups in total. The van der Waals surface area contributed by atoms with E-state index >= 15 is 0 Å². The monoisotopic (exact) mass is 314 g/mol. The van der Waals surface area contributed by atoms with Gasteiger partial charge in [-0.25, -0.2) is 9.97 Å². The summed E-state index contributed by atoms with van der Waals surface area (Å²) < 4.78 is 14.8. The number of ether oxygens (including phenoxy) is 2. The van der Waals surface area contributed by atoms with Crippen molar-refractivity contribution in [2.45, 2.75) is 57.6 Å². The summed E-state index contributed by atoms with van der Waals surface area (Å²) in [6.07, 6.45) is 6.21. The van der Waals surface area contributed by atoms with Crippen molar-refractivity contribution in [2.24, 2.45) is 11.3 Å². The first-order valence-electron chi connectivity index (χ1n) is 8.39. The van der Waals surface area contributed by atoms with E-state index in [1.54, 1.807) is 0 Å². The molecule has 2 aromatic heterocycles. The van der Waals surface area contributed by atoms with Crippen LogP contribution in [0.5, 0.6) is 0 Å². The van der Waals surface area contributed by atoms with Crippen LogP contribution in [0.15, 0.2) is 18.6 Å². The first kappa shape index (κ1) is 13.7. The summed E-state index contributed by atoms with van der Waals surface area (Å²) in [7, 11) is 0. The van der Waals surface area contributed by atoms with E-state index in [1.165, 1.54) is 12.7 Å². The Morgan fingerprint density at radius 2 is 2.17 bits per heavy atom. The number of hydrogen-bond acceptors (Lipinski definition) is 5. The van der Waals surface area contributed by atoms with E-state index in [-0.39, 0.29) is 23.7 Å². The minimum absolute atomic E-state index is 0.0792. The predicted molar refractivity (Wildman–Crippen MR) is 85.6 cm³/mol. The van der Waals surface area contributed by atoms with Gasteiger partial charge < -0.3 is 19.8 Å². The first-order chi connectivity index (χ1) is 11.0. The van der Waals surface area contributed by atoms with Gasteiger partial charge in [0, 0.05) is 11.6 Å². The molecular weight excluding hydrogens is 292 g/mol. The fourth-order valence-corrected chi connectivity index (χ4v) is 5.04. The molecule has 6 nitrogen and oxygen atoms in total. The van der Waals surface area contributed by atoms with Crippen LogP contribution in [0.4, 0.5) is 5.82 Å². The van der Waals surface area contributed by atoms with Gasteiger partial charge in [-0.1, -0.05) is 6.92 Å².